The maximum Gasteiger partial charge on any atom is 0.238 e. The van der Waals surface area contributed by atoms with Crippen LogP contribution in [0.2, 0.25) is 0 Å². The third-order valence-corrected chi connectivity index (χ3v) is 1.19. The molecule has 0 spiro atoms. The summed E-state index contributed by atoms with van der Waals surface area (Å²) in [6.07, 6.45) is 5.04. The van der Waals surface area contributed by atoms with E-state index in [4.69, 9.17) is 0 Å². The SMILES string of the molecule is C=C/C=C\C(=C)NC(=O)CN(C)C. The van der Waals surface area contributed by atoms with Crippen LogP contribution in [0, 0.1) is 0 Å². The van der Waals surface area contributed by atoms with Crippen molar-refractivity contribution in [1.82, 2.24) is 10.2 Å². The van der Waals surface area contributed by atoms with Crippen molar-refractivity contribution in [2.75, 3.05) is 20.6 Å². The molecule has 0 bridgehead atoms. The van der Waals surface area contributed by atoms with Crippen LogP contribution >= 0.6 is 0 Å². The van der Waals surface area contributed by atoms with Crippen molar-refractivity contribution in [3.05, 3.63) is 37.1 Å². The molecule has 0 aliphatic heterocycles. The van der Waals surface area contributed by atoms with Crippen molar-refractivity contribution in [2.24, 2.45) is 0 Å². The normalized spacial score (nSPS) is 10.4. The first-order valence-corrected chi connectivity index (χ1v) is 3.99. The highest BCUT2D eigenvalue weighted by Crippen LogP contribution is 1.87. The molecule has 0 heterocycles. The van der Waals surface area contributed by atoms with Crippen molar-refractivity contribution < 1.29 is 4.79 Å². The summed E-state index contributed by atoms with van der Waals surface area (Å²) in [6.45, 7) is 7.53. The van der Waals surface area contributed by atoms with E-state index in [1.165, 1.54) is 0 Å². The Kier molecular flexibility index (Phi) is 5.55. The molecule has 0 aromatic heterocycles. The van der Waals surface area contributed by atoms with E-state index >= 15 is 0 Å². The fourth-order valence-corrected chi connectivity index (χ4v) is 0.732. The van der Waals surface area contributed by atoms with Gasteiger partial charge in [-0.15, -0.1) is 0 Å². The van der Waals surface area contributed by atoms with Crippen molar-refractivity contribution in [3.63, 3.8) is 0 Å². The maximum atomic E-state index is 11.2. The number of nitrogens with zero attached hydrogens (tertiary/aromatic N) is 1. The molecule has 0 aliphatic carbocycles. The first-order valence-electron chi connectivity index (χ1n) is 3.99. The van der Waals surface area contributed by atoms with Crippen LogP contribution in [0.25, 0.3) is 0 Å². The Morgan fingerprint density at radius 3 is 2.62 bits per heavy atom. The van der Waals surface area contributed by atoms with Gasteiger partial charge in [0.15, 0.2) is 0 Å². The third kappa shape index (κ3) is 7.03. The Hall–Kier alpha value is -1.35. The Balaban J connectivity index is 3.85. The van der Waals surface area contributed by atoms with Crippen LogP contribution in [-0.2, 0) is 4.79 Å². The van der Waals surface area contributed by atoms with Crippen LogP contribution in [0.1, 0.15) is 0 Å². The monoisotopic (exact) mass is 180 g/mol. The molecule has 72 valence electrons. The zero-order chi connectivity index (χ0) is 10.3. The number of hydrogen-bond acceptors (Lipinski definition) is 2. The molecule has 0 fully saturated rings. The predicted octanol–water partition coefficient (Wildman–Crippen LogP) is 0.920. The molecule has 3 heteroatoms. The quantitative estimate of drug-likeness (QED) is 0.638. The van der Waals surface area contributed by atoms with Crippen LogP contribution in [-0.4, -0.2) is 31.4 Å². The molecule has 0 saturated carbocycles. The molecule has 1 N–H and O–H groups in total. The van der Waals surface area contributed by atoms with Gasteiger partial charge in [-0.3, -0.25) is 4.79 Å². The topological polar surface area (TPSA) is 32.3 Å². The molecule has 0 aliphatic rings. The molecule has 3 nitrogen and oxygen atoms in total. The molecule has 0 aromatic carbocycles. The molecule has 0 unspecified atom stereocenters. The van der Waals surface area contributed by atoms with E-state index in [1.807, 2.05) is 14.1 Å². The Morgan fingerprint density at radius 1 is 1.54 bits per heavy atom. The first-order chi connectivity index (χ1) is 6.06. The predicted molar refractivity (Wildman–Crippen MR) is 55.2 cm³/mol. The van der Waals surface area contributed by atoms with E-state index < -0.39 is 0 Å². The van der Waals surface area contributed by atoms with E-state index in [0.29, 0.717) is 12.2 Å². The molecule has 1 amide bonds. The number of nitrogens with one attached hydrogen (secondary N) is 1. The number of amides is 1. The van der Waals surface area contributed by atoms with Gasteiger partial charge in [-0.05, 0) is 20.2 Å². The van der Waals surface area contributed by atoms with Crippen molar-refractivity contribution in [3.8, 4) is 0 Å². The fraction of sp³-hybridized carbons (Fsp3) is 0.300. The van der Waals surface area contributed by atoms with Crippen LogP contribution in [0.3, 0.4) is 0 Å². The minimum atomic E-state index is -0.0660. The van der Waals surface area contributed by atoms with Crippen molar-refractivity contribution in [2.45, 2.75) is 0 Å². The third-order valence-electron chi connectivity index (χ3n) is 1.19. The molecule has 0 aromatic rings. The maximum absolute atomic E-state index is 11.2. The molecule has 0 rings (SSSR count). The number of hydrogen-bond donors (Lipinski definition) is 1. The molecule has 13 heavy (non-hydrogen) atoms. The molecule has 0 saturated heterocycles. The van der Waals surface area contributed by atoms with Gasteiger partial charge < -0.3 is 10.2 Å². The minimum absolute atomic E-state index is 0.0660. The van der Waals surface area contributed by atoms with Gasteiger partial charge in [0, 0.05) is 5.70 Å². The van der Waals surface area contributed by atoms with E-state index in [2.05, 4.69) is 18.5 Å². The summed E-state index contributed by atoms with van der Waals surface area (Å²) in [7, 11) is 3.67. The second-order valence-electron chi connectivity index (χ2n) is 2.91. The highest BCUT2D eigenvalue weighted by Gasteiger charge is 2.01. The summed E-state index contributed by atoms with van der Waals surface area (Å²) in [4.78, 5) is 12.9. The highest BCUT2D eigenvalue weighted by atomic mass is 16.2. The van der Waals surface area contributed by atoms with Crippen LogP contribution in [0.15, 0.2) is 37.1 Å². The van der Waals surface area contributed by atoms with Gasteiger partial charge in [0.25, 0.3) is 0 Å². The van der Waals surface area contributed by atoms with E-state index in [-0.39, 0.29) is 5.91 Å². The fourth-order valence-electron chi connectivity index (χ4n) is 0.732. The van der Waals surface area contributed by atoms with Gasteiger partial charge in [0.2, 0.25) is 5.91 Å². The lowest BCUT2D eigenvalue weighted by atomic mass is 10.4. The molecular formula is C10H16N2O. The van der Waals surface area contributed by atoms with E-state index in [0.717, 1.165) is 0 Å². The van der Waals surface area contributed by atoms with Crippen LogP contribution in [0.4, 0.5) is 0 Å². The standard InChI is InChI=1S/C10H16N2O/c1-5-6-7-9(2)11-10(13)8-12(3)4/h5-7H,1-2,8H2,3-4H3,(H,11,13)/b7-6-. The molecule has 0 atom stereocenters. The Labute approximate surface area is 79.4 Å². The average molecular weight is 180 g/mol. The van der Waals surface area contributed by atoms with Crippen molar-refractivity contribution >= 4 is 5.91 Å². The highest BCUT2D eigenvalue weighted by molar-refractivity contribution is 5.80. The van der Waals surface area contributed by atoms with Gasteiger partial charge in [0.05, 0.1) is 6.54 Å². The summed E-state index contributed by atoms with van der Waals surface area (Å²) in [6, 6.07) is 0. The number of carbonyl (C=O) groups excluding carboxylic acids is 1. The second-order valence-corrected chi connectivity index (χ2v) is 2.91. The average Bonchev–Trinajstić information content (AvgIpc) is 1.98. The zero-order valence-electron chi connectivity index (χ0n) is 8.21. The number of rotatable bonds is 5. The van der Waals surface area contributed by atoms with E-state index in [9.17, 15) is 4.79 Å². The number of allylic oxidation sites excluding steroid dienone is 3. The summed E-state index contributed by atoms with van der Waals surface area (Å²) in [5.41, 5.74) is 0.576. The molecular weight excluding hydrogens is 164 g/mol. The number of likely N-dealkylation sites (N-methyl/N-ethyl adjacent to an activating group) is 1. The van der Waals surface area contributed by atoms with Gasteiger partial charge in [0.1, 0.15) is 0 Å². The van der Waals surface area contributed by atoms with Crippen LogP contribution < -0.4 is 5.32 Å². The summed E-state index contributed by atoms with van der Waals surface area (Å²) < 4.78 is 0. The first kappa shape index (κ1) is 11.6. The van der Waals surface area contributed by atoms with Gasteiger partial charge in [-0.25, -0.2) is 0 Å². The number of carbonyl (C=O) groups is 1. The van der Waals surface area contributed by atoms with Crippen LogP contribution in [0.5, 0.6) is 0 Å². The van der Waals surface area contributed by atoms with Gasteiger partial charge >= 0.3 is 0 Å². The zero-order valence-corrected chi connectivity index (χ0v) is 8.21. The molecule has 0 radical (unpaired) electrons. The summed E-state index contributed by atoms with van der Waals surface area (Å²) in [5, 5.41) is 2.64. The lowest BCUT2D eigenvalue weighted by Gasteiger charge is -2.09. The minimum Gasteiger partial charge on any atom is -0.326 e. The summed E-state index contributed by atoms with van der Waals surface area (Å²) >= 11 is 0. The van der Waals surface area contributed by atoms with Gasteiger partial charge in [-0.1, -0.05) is 25.3 Å². The Morgan fingerprint density at radius 2 is 2.15 bits per heavy atom. The van der Waals surface area contributed by atoms with E-state index in [1.54, 1.807) is 23.1 Å². The Bertz CT molecular complexity index is 229. The largest absolute Gasteiger partial charge is 0.326 e. The smallest absolute Gasteiger partial charge is 0.238 e. The second kappa shape index (κ2) is 6.20. The lowest BCUT2D eigenvalue weighted by Crippen LogP contribution is -2.32. The van der Waals surface area contributed by atoms with Crippen molar-refractivity contribution in [1.29, 1.82) is 0 Å². The van der Waals surface area contributed by atoms with Gasteiger partial charge in [-0.2, -0.15) is 0 Å². The lowest BCUT2D eigenvalue weighted by molar-refractivity contribution is -0.120. The summed E-state index contributed by atoms with van der Waals surface area (Å²) in [5.74, 6) is -0.0660.